The lowest BCUT2D eigenvalue weighted by atomic mass is 9.96. The average Bonchev–Trinajstić information content (AvgIpc) is 3.82. The van der Waals surface area contributed by atoms with Crippen LogP contribution in [0.5, 0.6) is 0 Å². The highest BCUT2D eigenvalue weighted by molar-refractivity contribution is 7.25. The Bertz CT molecular complexity index is 3480. The van der Waals surface area contributed by atoms with Crippen LogP contribution in [0, 0.1) is 0 Å². The largest absolute Gasteiger partial charge is 0.310 e. The Labute approximate surface area is 333 Å². The normalized spacial score (nSPS) is 11.9. The van der Waals surface area contributed by atoms with Crippen LogP contribution in [0.2, 0.25) is 0 Å². The number of fused-ring (bicyclic) bond motifs is 11. The predicted octanol–water partition coefficient (Wildman–Crippen LogP) is 15.7. The van der Waals surface area contributed by atoms with Crippen molar-refractivity contribution < 1.29 is 0 Å². The second-order valence-electron chi connectivity index (χ2n) is 14.9. The molecule has 0 amide bonds. The molecule has 2 heterocycles. The molecule has 0 spiro atoms. The fraction of sp³-hybridized carbons (Fsp3) is 0. The van der Waals surface area contributed by atoms with Gasteiger partial charge in [0.05, 0.1) is 11.0 Å². The van der Waals surface area contributed by atoms with Gasteiger partial charge in [0, 0.05) is 53.7 Å². The lowest BCUT2D eigenvalue weighted by Crippen LogP contribution is -2.09. The number of nitrogens with zero attached hydrogens (tertiary/aromatic N) is 2. The van der Waals surface area contributed by atoms with Gasteiger partial charge in [-0.05, 0) is 116 Å². The predicted molar refractivity (Wildman–Crippen MR) is 246 cm³/mol. The highest BCUT2D eigenvalue weighted by atomic mass is 32.1. The van der Waals surface area contributed by atoms with Crippen molar-refractivity contribution >= 4 is 103 Å². The maximum atomic E-state index is 2.42. The molecule has 0 N–H and O–H groups in total. The first-order chi connectivity index (χ1) is 28.2. The van der Waals surface area contributed by atoms with Gasteiger partial charge in [0.1, 0.15) is 0 Å². The minimum absolute atomic E-state index is 1.11. The molecule has 0 unspecified atom stereocenters. The number of anilines is 3. The van der Waals surface area contributed by atoms with Gasteiger partial charge in [-0.2, -0.15) is 0 Å². The van der Waals surface area contributed by atoms with Crippen LogP contribution in [0.4, 0.5) is 17.1 Å². The first-order valence-corrected chi connectivity index (χ1v) is 20.3. The molecule has 0 aliphatic heterocycles. The summed E-state index contributed by atoms with van der Waals surface area (Å²) in [7, 11) is 0. The van der Waals surface area contributed by atoms with Crippen molar-refractivity contribution in [2.75, 3.05) is 4.90 Å². The molecular formula is C54H34N2S. The fourth-order valence-electron chi connectivity index (χ4n) is 9.08. The van der Waals surface area contributed by atoms with E-state index in [0.29, 0.717) is 0 Å². The number of rotatable bonds is 5. The first-order valence-electron chi connectivity index (χ1n) is 19.5. The summed E-state index contributed by atoms with van der Waals surface area (Å²) in [6, 6.07) is 75.9. The van der Waals surface area contributed by atoms with E-state index in [1.165, 1.54) is 85.4 Å². The van der Waals surface area contributed by atoms with Gasteiger partial charge in [-0.25, -0.2) is 0 Å². The molecule has 12 aromatic rings. The Kier molecular flexibility index (Phi) is 7.13. The van der Waals surface area contributed by atoms with Crippen LogP contribution < -0.4 is 4.90 Å². The molecule has 0 aliphatic carbocycles. The Balaban J connectivity index is 1.02. The Morgan fingerprint density at radius 2 is 0.895 bits per heavy atom. The molecule has 3 heteroatoms. The van der Waals surface area contributed by atoms with Crippen LogP contribution in [-0.4, -0.2) is 4.57 Å². The lowest BCUT2D eigenvalue weighted by Gasteiger charge is -2.26. The molecule has 0 saturated carbocycles. The van der Waals surface area contributed by atoms with E-state index in [4.69, 9.17) is 0 Å². The molecule has 0 atom stereocenters. The molecule has 12 rings (SSSR count). The van der Waals surface area contributed by atoms with Crippen molar-refractivity contribution in [3.05, 3.63) is 206 Å². The zero-order valence-corrected chi connectivity index (χ0v) is 31.7. The number of benzene rings is 10. The zero-order valence-electron chi connectivity index (χ0n) is 30.9. The van der Waals surface area contributed by atoms with E-state index in [-0.39, 0.29) is 0 Å². The quantitative estimate of drug-likeness (QED) is 0.159. The number of thiophene rings is 1. The number of para-hydroxylation sites is 2. The number of hydrogen-bond acceptors (Lipinski definition) is 2. The topological polar surface area (TPSA) is 8.17 Å². The molecule has 266 valence electrons. The minimum atomic E-state index is 1.11. The monoisotopic (exact) mass is 742 g/mol. The number of hydrogen-bond donors (Lipinski definition) is 0. The summed E-state index contributed by atoms with van der Waals surface area (Å²) in [6.45, 7) is 0. The molecule has 2 aromatic heterocycles. The molecule has 10 aromatic carbocycles. The van der Waals surface area contributed by atoms with Crippen LogP contribution in [0.25, 0.3) is 91.1 Å². The fourth-order valence-corrected chi connectivity index (χ4v) is 10.2. The van der Waals surface area contributed by atoms with Gasteiger partial charge >= 0.3 is 0 Å². The SMILES string of the molecule is c1cc(-c2ccc(N(c3ccc4sc5ccccc5c4c3)c3ccc4ccc5ccc6ccccc6c5c4c3)cc2)cc(-n2c3ccccc3c3ccccc32)c1. The summed E-state index contributed by atoms with van der Waals surface area (Å²) < 4.78 is 5.00. The maximum Gasteiger partial charge on any atom is 0.0541 e. The van der Waals surface area contributed by atoms with Crippen molar-refractivity contribution in [2.45, 2.75) is 0 Å². The second kappa shape index (κ2) is 12.7. The van der Waals surface area contributed by atoms with Gasteiger partial charge in [-0.15, -0.1) is 11.3 Å². The third-order valence-electron chi connectivity index (χ3n) is 11.7. The minimum Gasteiger partial charge on any atom is -0.310 e. The van der Waals surface area contributed by atoms with Crippen LogP contribution in [0.3, 0.4) is 0 Å². The summed E-state index contributed by atoms with van der Waals surface area (Å²) in [6.07, 6.45) is 0. The lowest BCUT2D eigenvalue weighted by molar-refractivity contribution is 1.18. The standard InChI is InChI=1S/C54H34N2S/c1-2-13-44-36(10-1)20-22-38-23-21-37-26-29-42(33-48(37)54(38)44)55(43-30-31-53-49(34-43)47-16-5-8-19-52(47)57-53)40-27-24-35(25-28-40)39-11-9-12-41(32-39)56-50-17-6-3-14-45(50)46-15-4-7-18-51(46)56/h1-34H. The summed E-state index contributed by atoms with van der Waals surface area (Å²) in [5.74, 6) is 0. The highest BCUT2D eigenvalue weighted by Gasteiger charge is 2.18. The van der Waals surface area contributed by atoms with Crippen molar-refractivity contribution in [1.29, 1.82) is 0 Å². The molecular weight excluding hydrogens is 709 g/mol. The summed E-state index contributed by atoms with van der Waals surface area (Å²) in [5.41, 5.74) is 9.32. The van der Waals surface area contributed by atoms with E-state index in [2.05, 4.69) is 216 Å². The molecule has 0 aliphatic rings. The van der Waals surface area contributed by atoms with Crippen LogP contribution in [0.15, 0.2) is 206 Å². The van der Waals surface area contributed by atoms with Crippen LogP contribution >= 0.6 is 11.3 Å². The van der Waals surface area contributed by atoms with E-state index < -0.39 is 0 Å². The molecule has 0 radical (unpaired) electrons. The maximum absolute atomic E-state index is 2.42. The van der Waals surface area contributed by atoms with Crippen molar-refractivity contribution in [1.82, 2.24) is 4.57 Å². The Morgan fingerprint density at radius 3 is 1.67 bits per heavy atom. The molecule has 0 fully saturated rings. The van der Waals surface area contributed by atoms with Gasteiger partial charge in [-0.3, -0.25) is 0 Å². The van der Waals surface area contributed by atoms with Crippen molar-refractivity contribution in [3.8, 4) is 16.8 Å². The van der Waals surface area contributed by atoms with E-state index in [1.807, 2.05) is 11.3 Å². The van der Waals surface area contributed by atoms with Crippen LogP contribution in [0.1, 0.15) is 0 Å². The van der Waals surface area contributed by atoms with Gasteiger partial charge in [0.25, 0.3) is 0 Å². The van der Waals surface area contributed by atoms with Crippen LogP contribution in [-0.2, 0) is 0 Å². The first kappa shape index (κ1) is 32.1. The molecule has 0 bridgehead atoms. The van der Waals surface area contributed by atoms with E-state index >= 15 is 0 Å². The van der Waals surface area contributed by atoms with E-state index in [1.54, 1.807) is 0 Å². The van der Waals surface area contributed by atoms with Gasteiger partial charge < -0.3 is 9.47 Å². The van der Waals surface area contributed by atoms with Gasteiger partial charge in [0.2, 0.25) is 0 Å². The third-order valence-corrected chi connectivity index (χ3v) is 12.9. The zero-order chi connectivity index (χ0) is 37.5. The Morgan fingerprint density at radius 1 is 0.333 bits per heavy atom. The summed E-state index contributed by atoms with van der Waals surface area (Å²) >= 11 is 1.86. The van der Waals surface area contributed by atoms with Crippen molar-refractivity contribution in [2.24, 2.45) is 0 Å². The second-order valence-corrected chi connectivity index (χ2v) is 16.0. The summed E-state index contributed by atoms with van der Waals surface area (Å²) in [5, 5.41) is 12.7. The molecule has 2 nitrogen and oxygen atoms in total. The van der Waals surface area contributed by atoms with E-state index in [9.17, 15) is 0 Å². The average molecular weight is 743 g/mol. The van der Waals surface area contributed by atoms with Gasteiger partial charge in [-0.1, -0.05) is 133 Å². The smallest absolute Gasteiger partial charge is 0.0541 e. The number of aromatic nitrogens is 1. The van der Waals surface area contributed by atoms with E-state index in [0.717, 1.165) is 22.7 Å². The highest BCUT2D eigenvalue weighted by Crippen LogP contribution is 2.43. The molecule has 57 heavy (non-hydrogen) atoms. The Hall–Kier alpha value is -7.20. The van der Waals surface area contributed by atoms with Crippen molar-refractivity contribution in [3.63, 3.8) is 0 Å². The molecule has 0 saturated heterocycles. The van der Waals surface area contributed by atoms with Gasteiger partial charge in [0.15, 0.2) is 0 Å². The third kappa shape index (κ3) is 5.10. The summed E-state index contributed by atoms with van der Waals surface area (Å²) in [4.78, 5) is 2.42.